The van der Waals surface area contributed by atoms with Gasteiger partial charge in [0.2, 0.25) is 0 Å². The van der Waals surface area contributed by atoms with E-state index in [0.717, 1.165) is 0 Å². The van der Waals surface area contributed by atoms with Gasteiger partial charge in [-0.2, -0.15) is 0 Å². The van der Waals surface area contributed by atoms with Gasteiger partial charge in [-0.15, -0.1) is 21.5 Å². The first-order valence-corrected chi connectivity index (χ1v) is 8.26. The summed E-state index contributed by atoms with van der Waals surface area (Å²) < 4.78 is 0. The van der Waals surface area contributed by atoms with E-state index >= 15 is 0 Å². The van der Waals surface area contributed by atoms with Gasteiger partial charge in [-0.1, -0.05) is 12.1 Å². The fourth-order valence-electron chi connectivity index (χ4n) is 1.92. The zero-order chi connectivity index (χ0) is 16.6. The maximum atomic E-state index is 11.8. The molecule has 0 unspecified atom stereocenters. The van der Waals surface area contributed by atoms with Crippen LogP contribution in [0.4, 0.5) is 17.5 Å². The molecule has 3 heterocycles. The first kappa shape index (κ1) is 15.9. The van der Waals surface area contributed by atoms with Gasteiger partial charge in [-0.05, 0) is 35.7 Å². The third-order valence-corrected chi connectivity index (χ3v) is 3.92. The average molecular weight is 340 g/mol. The second-order valence-corrected chi connectivity index (χ2v) is 5.75. The van der Waals surface area contributed by atoms with Crippen LogP contribution < -0.4 is 16.0 Å². The Bertz CT molecular complexity index is 761. The summed E-state index contributed by atoms with van der Waals surface area (Å²) in [6, 6.07) is 12.9. The number of pyridine rings is 1. The third-order valence-electron chi connectivity index (χ3n) is 3.05. The average Bonchev–Trinajstić information content (AvgIpc) is 3.16. The highest BCUT2D eigenvalue weighted by Gasteiger charge is 2.05. The van der Waals surface area contributed by atoms with Crippen LogP contribution in [0, 0.1) is 0 Å². The number of nitrogens with zero attached hydrogens (tertiary/aromatic N) is 3. The van der Waals surface area contributed by atoms with E-state index < -0.39 is 0 Å². The quantitative estimate of drug-likeness (QED) is 0.573. The minimum atomic E-state index is -0.0622. The van der Waals surface area contributed by atoms with Gasteiger partial charge in [-0.3, -0.25) is 4.79 Å². The van der Waals surface area contributed by atoms with Gasteiger partial charge in [0.15, 0.2) is 5.82 Å². The van der Waals surface area contributed by atoms with E-state index in [2.05, 4.69) is 31.1 Å². The van der Waals surface area contributed by atoms with Crippen molar-refractivity contribution in [2.75, 3.05) is 23.7 Å². The summed E-state index contributed by atoms with van der Waals surface area (Å²) in [6.45, 7) is 1.07. The molecule has 3 rings (SSSR count). The summed E-state index contributed by atoms with van der Waals surface area (Å²) in [6.07, 6.45) is 1.70. The van der Waals surface area contributed by atoms with Crippen molar-refractivity contribution in [1.29, 1.82) is 0 Å². The Balaban J connectivity index is 1.42. The third kappa shape index (κ3) is 4.50. The van der Waals surface area contributed by atoms with E-state index in [1.807, 2.05) is 41.8 Å². The zero-order valence-electron chi connectivity index (χ0n) is 12.8. The number of amides is 1. The van der Waals surface area contributed by atoms with Crippen molar-refractivity contribution in [3.8, 4) is 0 Å². The number of carbonyl (C=O) groups is 1. The number of nitrogens with one attached hydrogen (secondary N) is 3. The van der Waals surface area contributed by atoms with Crippen molar-refractivity contribution in [1.82, 2.24) is 20.5 Å². The van der Waals surface area contributed by atoms with Gasteiger partial charge in [0.05, 0.1) is 4.88 Å². The van der Waals surface area contributed by atoms with Crippen molar-refractivity contribution in [2.45, 2.75) is 0 Å². The van der Waals surface area contributed by atoms with Crippen LogP contribution in [0.15, 0.2) is 54.0 Å². The summed E-state index contributed by atoms with van der Waals surface area (Å²) >= 11 is 1.42. The first-order chi connectivity index (χ1) is 11.8. The van der Waals surface area contributed by atoms with Gasteiger partial charge in [-0.25, -0.2) is 4.98 Å². The van der Waals surface area contributed by atoms with Crippen LogP contribution in [0.5, 0.6) is 0 Å². The van der Waals surface area contributed by atoms with Gasteiger partial charge < -0.3 is 16.0 Å². The van der Waals surface area contributed by atoms with Gasteiger partial charge in [0.1, 0.15) is 11.6 Å². The fourth-order valence-corrected chi connectivity index (χ4v) is 2.56. The molecule has 3 aromatic heterocycles. The largest absolute Gasteiger partial charge is 0.367 e. The molecule has 0 atom stereocenters. The maximum Gasteiger partial charge on any atom is 0.261 e. The van der Waals surface area contributed by atoms with Gasteiger partial charge >= 0.3 is 0 Å². The van der Waals surface area contributed by atoms with E-state index in [0.29, 0.717) is 35.4 Å². The van der Waals surface area contributed by atoms with Crippen molar-refractivity contribution in [3.05, 3.63) is 58.9 Å². The van der Waals surface area contributed by atoms with Crippen LogP contribution >= 0.6 is 11.3 Å². The van der Waals surface area contributed by atoms with Crippen LogP contribution in [0.1, 0.15) is 9.67 Å². The molecule has 0 spiro atoms. The van der Waals surface area contributed by atoms with E-state index in [1.54, 1.807) is 12.3 Å². The summed E-state index contributed by atoms with van der Waals surface area (Å²) in [5, 5.41) is 19.0. The SMILES string of the molecule is O=C(NCCNc1ccc(Nc2ccccn2)nn1)c1cccs1. The monoisotopic (exact) mass is 340 g/mol. The van der Waals surface area contributed by atoms with Crippen LogP contribution in [0.25, 0.3) is 0 Å². The predicted molar refractivity (Wildman–Crippen MR) is 94.7 cm³/mol. The molecule has 0 aliphatic heterocycles. The number of hydrogen-bond donors (Lipinski definition) is 3. The minimum absolute atomic E-state index is 0.0622. The number of aromatic nitrogens is 3. The van der Waals surface area contributed by atoms with E-state index in [1.165, 1.54) is 11.3 Å². The van der Waals surface area contributed by atoms with E-state index in [-0.39, 0.29) is 5.91 Å². The van der Waals surface area contributed by atoms with Crippen molar-refractivity contribution in [2.24, 2.45) is 0 Å². The number of rotatable bonds is 7. The molecular formula is C16H16N6OS. The summed E-state index contributed by atoms with van der Waals surface area (Å²) in [7, 11) is 0. The summed E-state index contributed by atoms with van der Waals surface area (Å²) in [4.78, 5) is 16.6. The predicted octanol–water partition coefficient (Wildman–Crippen LogP) is 2.52. The molecule has 0 saturated heterocycles. The zero-order valence-corrected chi connectivity index (χ0v) is 13.6. The fraction of sp³-hybridized carbons (Fsp3) is 0.125. The maximum absolute atomic E-state index is 11.8. The Hall–Kier alpha value is -3.00. The highest BCUT2D eigenvalue weighted by molar-refractivity contribution is 7.12. The number of thiophene rings is 1. The van der Waals surface area contributed by atoms with E-state index in [4.69, 9.17) is 0 Å². The topological polar surface area (TPSA) is 91.8 Å². The smallest absolute Gasteiger partial charge is 0.261 e. The second-order valence-electron chi connectivity index (χ2n) is 4.80. The van der Waals surface area contributed by atoms with Gasteiger partial charge in [0, 0.05) is 19.3 Å². The Morgan fingerprint density at radius 2 is 1.83 bits per heavy atom. The summed E-state index contributed by atoms with van der Waals surface area (Å²) in [5.41, 5.74) is 0. The molecule has 8 heteroatoms. The lowest BCUT2D eigenvalue weighted by Crippen LogP contribution is -2.28. The van der Waals surface area contributed by atoms with Crippen LogP contribution in [-0.4, -0.2) is 34.2 Å². The molecule has 3 N–H and O–H groups in total. The second kappa shape index (κ2) is 8.02. The Labute approximate surface area is 143 Å². The Morgan fingerprint density at radius 3 is 2.54 bits per heavy atom. The number of hydrogen-bond acceptors (Lipinski definition) is 7. The molecule has 0 aliphatic rings. The molecule has 0 fully saturated rings. The van der Waals surface area contributed by atoms with Crippen molar-refractivity contribution < 1.29 is 4.79 Å². The van der Waals surface area contributed by atoms with Gasteiger partial charge in [0.25, 0.3) is 5.91 Å². The number of carbonyl (C=O) groups excluding carboxylic acids is 1. The van der Waals surface area contributed by atoms with Crippen LogP contribution in [0.3, 0.4) is 0 Å². The molecule has 7 nitrogen and oxygen atoms in total. The number of anilines is 3. The molecular weight excluding hydrogens is 324 g/mol. The molecule has 0 radical (unpaired) electrons. The molecule has 0 bridgehead atoms. The molecule has 122 valence electrons. The van der Waals surface area contributed by atoms with E-state index in [9.17, 15) is 4.79 Å². The first-order valence-electron chi connectivity index (χ1n) is 7.38. The standard InChI is InChI=1S/C16H16N6OS/c23-16(12-4-3-11-24-12)19-10-9-18-14-6-7-15(22-21-14)20-13-5-1-2-8-17-13/h1-8,11H,9-10H2,(H,18,21)(H,19,23)(H,17,20,22). The highest BCUT2D eigenvalue weighted by atomic mass is 32.1. The normalized spacial score (nSPS) is 10.2. The Morgan fingerprint density at radius 1 is 0.958 bits per heavy atom. The van der Waals surface area contributed by atoms with Crippen LogP contribution in [0.2, 0.25) is 0 Å². The van der Waals surface area contributed by atoms with Crippen molar-refractivity contribution >= 4 is 34.7 Å². The minimum Gasteiger partial charge on any atom is -0.367 e. The molecule has 24 heavy (non-hydrogen) atoms. The molecule has 0 saturated carbocycles. The van der Waals surface area contributed by atoms with Crippen LogP contribution in [-0.2, 0) is 0 Å². The van der Waals surface area contributed by atoms with Crippen molar-refractivity contribution in [3.63, 3.8) is 0 Å². The Kier molecular flexibility index (Phi) is 5.31. The summed E-state index contributed by atoms with van der Waals surface area (Å²) in [5.74, 6) is 1.91. The molecule has 0 aliphatic carbocycles. The lowest BCUT2D eigenvalue weighted by molar-refractivity contribution is 0.0959. The highest BCUT2D eigenvalue weighted by Crippen LogP contribution is 2.11. The molecule has 1 amide bonds. The molecule has 3 aromatic rings. The molecule has 0 aromatic carbocycles. The lowest BCUT2D eigenvalue weighted by Gasteiger charge is -2.07. The lowest BCUT2D eigenvalue weighted by atomic mass is 10.4.